The van der Waals surface area contributed by atoms with E-state index in [0.717, 1.165) is 31.2 Å². The molecule has 1 fully saturated rings. The molecule has 0 amide bonds. The molecule has 1 aromatic heterocycles. The molecule has 1 aliphatic rings. The maximum absolute atomic E-state index is 11.4. The van der Waals surface area contributed by atoms with Crippen molar-refractivity contribution in [1.29, 1.82) is 0 Å². The van der Waals surface area contributed by atoms with Crippen LogP contribution in [0.4, 0.5) is 0 Å². The fraction of sp³-hybridized carbons (Fsp3) is 0.615. The Kier molecular flexibility index (Phi) is 3.52. The molecule has 1 aromatic rings. The van der Waals surface area contributed by atoms with Crippen LogP contribution in [0.2, 0.25) is 0 Å². The van der Waals surface area contributed by atoms with Crippen molar-refractivity contribution in [3.63, 3.8) is 0 Å². The van der Waals surface area contributed by atoms with E-state index in [-0.39, 0.29) is 11.2 Å². The number of hydrogen-bond acceptors (Lipinski definition) is 3. The van der Waals surface area contributed by atoms with Crippen molar-refractivity contribution in [1.82, 2.24) is 9.47 Å². The van der Waals surface area contributed by atoms with E-state index in [9.17, 15) is 9.90 Å². The Labute approximate surface area is 101 Å². The molecular weight excluding hydrogens is 216 g/mol. The molecule has 2 heterocycles. The number of hydrogen-bond donors (Lipinski definition) is 1. The topological polar surface area (TPSA) is 45.5 Å². The number of rotatable bonds is 2. The van der Waals surface area contributed by atoms with E-state index >= 15 is 0 Å². The van der Waals surface area contributed by atoms with Gasteiger partial charge < -0.3 is 9.67 Å². The largest absolute Gasteiger partial charge is 0.503 e. The minimum Gasteiger partial charge on any atom is -0.503 e. The van der Waals surface area contributed by atoms with Gasteiger partial charge in [0.05, 0.1) is 0 Å². The first-order valence-corrected chi connectivity index (χ1v) is 6.17. The molecule has 4 nitrogen and oxygen atoms in total. The second kappa shape index (κ2) is 4.92. The standard InChI is InChI=1S/C13H20N2O2/c1-10-4-3-5-15(7-10)8-11-6-12(16)13(17)9-14(11)2/h6,9-10,17H,3-5,7-8H2,1-2H3. The van der Waals surface area contributed by atoms with Crippen molar-refractivity contribution in [2.45, 2.75) is 26.3 Å². The second-order valence-electron chi connectivity index (χ2n) is 5.11. The molecule has 0 radical (unpaired) electrons. The van der Waals surface area contributed by atoms with E-state index in [1.54, 1.807) is 0 Å². The van der Waals surface area contributed by atoms with Crippen LogP contribution < -0.4 is 5.43 Å². The Balaban J connectivity index is 2.13. The summed E-state index contributed by atoms with van der Waals surface area (Å²) in [5, 5.41) is 9.33. The number of likely N-dealkylation sites (tertiary alicyclic amines) is 1. The molecule has 0 bridgehead atoms. The molecule has 0 aliphatic carbocycles. The molecule has 1 saturated heterocycles. The van der Waals surface area contributed by atoms with E-state index in [1.165, 1.54) is 25.1 Å². The molecule has 0 spiro atoms. The van der Waals surface area contributed by atoms with Crippen LogP contribution in [-0.2, 0) is 13.6 Å². The first kappa shape index (κ1) is 12.2. The van der Waals surface area contributed by atoms with Gasteiger partial charge in [-0.3, -0.25) is 9.69 Å². The van der Waals surface area contributed by atoms with Gasteiger partial charge in [-0.2, -0.15) is 0 Å². The average molecular weight is 236 g/mol. The van der Waals surface area contributed by atoms with E-state index in [1.807, 2.05) is 11.6 Å². The molecule has 2 rings (SSSR count). The normalized spacial score (nSPS) is 21.6. The summed E-state index contributed by atoms with van der Waals surface area (Å²) in [5.41, 5.74) is 0.671. The fourth-order valence-corrected chi connectivity index (χ4v) is 2.47. The molecular formula is C13H20N2O2. The summed E-state index contributed by atoms with van der Waals surface area (Å²) >= 11 is 0. The van der Waals surface area contributed by atoms with Crippen LogP contribution in [0.3, 0.4) is 0 Å². The van der Waals surface area contributed by atoms with Gasteiger partial charge in [0, 0.05) is 38.1 Å². The van der Waals surface area contributed by atoms with Crippen molar-refractivity contribution in [3.8, 4) is 5.75 Å². The lowest BCUT2D eigenvalue weighted by atomic mass is 10.0. The van der Waals surface area contributed by atoms with Crippen LogP contribution in [0.1, 0.15) is 25.5 Å². The predicted molar refractivity (Wildman–Crippen MR) is 67.0 cm³/mol. The number of piperidine rings is 1. The van der Waals surface area contributed by atoms with E-state index < -0.39 is 0 Å². The van der Waals surface area contributed by atoms with E-state index in [4.69, 9.17) is 0 Å². The van der Waals surface area contributed by atoms with Gasteiger partial charge in [0.25, 0.3) is 0 Å². The van der Waals surface area contributed by atoms with Crippen molar-refractivity contribution < 1.29 is 5.11 Å². The summed E-state index contributed by atoms with van der Waals surface area (Å²) in [4.78, 5) is 13.8. The number of nitrogens with zero attached hydrogens (tertiary/aromatic N) is 2. The third-order valence-corrected chi connectivity index (χ3v) is 3.45. The maximum Gasteiger partial charge on any atom is 0.223 e. The minimum atomic E-state index is -0.289. The smallest absolute Gasteiger partial charge is 0.223 e. The van der Waals surface area contributed by atoms with Crippen molar-refractivity contribution in [2.75, 3.05) is 13.1 Å². The first-order chi connectivity index (χ1) is 8.06. The lowest BCUT2D eigenvalue weighted by molar-refractivity contribution is 0.173. The van der Waals surface area contributed by atoms with Crippen molar-refractivity contribution in [2.24, 2.45) is 13.0 Å². The van der Waals surface area contributed by atoms with E-state index in [2.05, 4.69) is 11.8 Å². The maximum atomic E-state index is 11.4. The van der Waals surface area contributed by atoms with Gasteiger partial charge in [0.2, 0.25) is 5.43 Å². The second-order valence-corrected chi connectivity index (χ2v) is 5.11. The van der Waals surface area contributed by atoms with Crippen LogP contribution in [0.25, 0.3) is 0 Å². The molecule has 1 aliphatic heterocycles. The molecule has 94 valence electrons. The Hall–Kier alpha value is -1.29. The number of pyridine rings is 1. The van der Waals surface area contributed by atoms with Crippen LogP contribution in [-0.4, -0.2) is 27.7 Å². The molecule has 0 aromatic carbocycles. The highest BCUT2D eigenvalue weighted by atomic mass is 16.3. The third-order valence-electron chi connectivity index (χ3n) is 3.45. The predicted octanol–water partition coefficient (Wildman–Crippen LogP) is 1.32. The Bertz CT molecular complexity index is 453. The van der Waals surface area contributed by atoms with Gasteiger partial charge >= 0.3 is 0 Å². The summed E-state index contributed by atoms with van der Waals surface area (Å²) in [7, 11) is 1.86. The van der Waals surface area contributed by atoms with Crippen molar-refractivity contribution >= 4 is 0 Å². The first-order valence-electron chi connectivity index (χ1n) is 6.17. The fourth-order valence-electron chi connectivity index (χ4n) is 2.47. The number of aromatic hydroxyl groups is 1. The summed E-state index contributed by atoms with van der Waals surface area (Å²) in [5.74, 6) is 0.557. The summed E-state index contributed by atoms with van der Waals surface area (Å²) in [6.07, 6.45) is 4.02. The van der Waals surface area contributed by atoms with Gasteiger partial charge in [-0.05, 0) is 25.3 Å². The van der Waals surface area contributed by atoms with Gasteiger partial charge in [-0.1, -0.05) is 6.92 Å². The zero-order valence-electron chi connectivity index (χ0n) is 10.5. The molecule has 1 atom stereocenters. The van der Waals surface area contributed by atoms with Gasteiger partial charge in [-0.25, -0.2) is 0 Å². The monoisotopic (exact) mass is 236 g/mol. The highest BCUT2D eigenvalue weighted by molar-refractivity contribution is 5.20. The Morgan fingerprint density at radius 3 is 3.00 bits per heavy atom. The molecule has 0 saturated carbocycles. The van der Waals surface area contributed by atoms with Crippen molar-refractivity contribution in [3.05, 3.63) is 28.2 Å². The summed E-state index contributed by atoms with van der Waals surface area (Å²) < 4.78 is 1.83. The van der Waals surface area contributed by atoms with E-state index in [0.29, 0.717) is 0 Å². The summed E-state index contributed by atoms with van der Waals surface area (Å²) in [6.45, 7) is 5.24. The molecule has 1 N–H and O–H groups in total. The average Bonchev–Trinajstić information content (AvgIpc) is 2.26. The molecule has 4 heteroatoms. The Morgan fingerprint density at radius 2 is 2.29 bits per heavy atom. The highest BCUT2D eigenvalue weighted by Gasteiger charge is 2.17. The lowest BCUT2D eigenvalue weighted by Gasteiger charge is -2.31. The zero-order chi connectivity index (χ0) is 12.4. The number of aryl methyl sites for hydroxylation is 1. The van der Waals surface area contributed by atoms with Gasteiger partial charge in [-0.15, -0.1) is 0 Å². The summed E-state index contributed by atoms with van der Waals surface area (Å²) in [6, 6.07) is 1.54. The lowest BCUT2D eigenvalue weighted by Crippen LogP contribution is -2.34. The zero-order valence-corrected chi connectivity index (χ0v) is 10.5. The molecule has 1 unspecified atom stereocenters. The third kappa shape index (κ3) is 2.88. The quantitative estimate of drug-likeness (QED) is 0.842. The Morgan fingerprint density at radius 1 is 1.53 bits per heavy atom. The van der Waals surface area contributed by atoms with Gasteiger partial charge in [0.1, 0.15) is 0 Å². The van der Waals surface area contributed by atoms with Crippen LogP contribution in [0.15, 0.2) is 17.1 Å². The van der Waals surface area contributed by atoms with Crippen LogP contribution in [0, 0.1) is 5.92 Å². The highest BCUT2D eigenvalue weighted by Crippen LogP contribution is 2.17. The van der Waals surface area contributed by atoms with Gasteiger partial charge in [0.15, 0.2) is 5.75 Å². The SMILES string of the molecule is CC1CCCN(Cc2cc(=O)c(O)cn2C)C1. The minimum absolute atomic E-state index is 0.178. The molecule has 17 heavy (non-hydrogen) atoms. The van der Waals surface area contributed by atoms with Crippen LogP contribution in [0.5, 0.6) is 5.75 Å². The van der Waals surface area contributed by atoms with Crippen LogP contribution >= 0.6 is 0 Å². The number of aromatic nitrogens is 1.